The number of esters is 1. The van der Waals surface area contributed by atoms with E-state index >= 15 is 0 Å². The lowest BCUT2D eigenvalue weighted by Crippen LogP contribution is -2.29. The molecular formula is C38H48N6O4S. The van der Waals surface area contributed by atoms with Crippen LogP contribution in [0.1, 0.15) is 73.1 Å². The van der Waals surface area contributed by atoms with Crippen molar-refractivity contribution < 1.29 is 19.1 Å². The van der Waals surface area contributed by atoms with Gasteiger partial charge in [0.15, 0.2) is 0 Å². The van der Waals surface area contributed by atoms with Gasteiger partial charge in [-0.3, -0.25) is 9.59 Å². The number of carbonyl (C=O) groups excluding carboxylic acids is 3. The number of fused-ring (bicyclic) bond motifs is 4. The summed E-state index contributed by atoms with van der Waals surface area (Å²) in [5.41, 5.74) is 3.15. The summed E-state index contributed by atoms with van der Waals surface area (Å²) in [6, 6.07) is 15.7. The van der Waals surface area contributed by atoms with E-state index in [1.54, 1.807) is 12.1 Å². The van der Waals surface area contributed by atoms with E-state index in [4.69, 9.17) is 14.7 Å². The molecule has 0 spiro atoms. The molecule has 2 aromatic carbocycles. The van der Waals surface area contributed by atoms with Crippen molar-refractivity contribution in [3.8, 4) is 0 Å². The van der Waals surface area contributed by atoms with Gasteiger partial charge in [0, 0.05) is 54.9 Å². The molecule has 49 heavy (non-hydrogen) atoms. The van der Waals surface area contributed by atoms with Crippen LogP contribution in [0.2, 0.25) is 0 Å². The number of ether oxygens (including phenoxy) is 1. The summed E-state index contributed by atoms with van der Waals surface area (Å²) >= 11 is 2.04. The number of anilines is 1. The number of thioether (sulfide) groups is 1. The third-order valence-electron chi connectivity index (χ3n) is 9.87. The number of amides is 1. The highest BCUT2D eigenvalue weighted by molar-refractivity contribution is 8.00. The van der Waals surface area contributed by atoms with Gasteiger partial charge >= 0.3 is 5.97 Å². The van der Waals surface area contributed by atoms with Gasteiger partial charge in [-0.2, -0.15) is 11.8 Å². The summed E-state index contributed by atoms with van der Waals surface area (Å²) in [6.45, 7) is 3.24. The van der Waals surface area contributed by atoms with Crippen molar-refractivity contribution in [1.29, 1.82) is 0 Å². The number of unbranched alkanes of at least 4 members (excludes halogenated alkanes) is 1. The van der Waals surface area contributed by atoms with Crippen LogP contribution < -0.4 is 10.6 Å². The third-order valence-corrected chi connectivity index (χ3v) is 11.5. The van der Waals surface area contributed by atoms with Crippen LogP contribution in [0.15, 0.2) is 48.5 Å². The standard InChI is InChI=1S/C38H48N6O4S/c1-44(18-8-16-39-34(46)13-7-6-12-32-30-23-28(45)21-27(30)24-49-32)19-9-17-40-36-35-29-15-14-26(38(47)48-2)22-31(29)41-37(35)43-33(42-36)20-25-10-4-3-5-11-25/h3-5,10-11,14-15,22,27,30,32H,6-9,12-13,16-21,23-24H2,1-2H3,(H,39,46)(H2,40,41,42,43)/t27-,30-,32-/m0/s1. The van der Waals surface area contributed by atoms with Crippen molar-refractivity contribution in [2.75, 3.05) is 51.4 Å². The second kappa shape index (κ2) is 16.6. The number of hydrogen-bond acceptors (Lipinski definition) is 9. The van der Waals surface area contributed by atoms with Crippen molar-refractivity contribution in [3.05, 3.63) is 65.5 Å². The van der Waals surface area contributed by atoms with Crippen LogP contribution in [0.4, 0.5) is 5.82 Å². The summed E-state index contributed by atoms with van der Waals surface area (Å²) in [6.07, 6.45) is 7.70. The lowest BCUT2D eigenvalue weighted by Gasteiger charge is -2.17. The molecule has 2 fully saturated rings. The number of methoxy groups -OCH3 is 1. The molecule has 1 aliphatic carbocycles. The molecule has 0 unspecified atom stereocenters. The first kappa shape index (κ1) is 34.9. The maximum Gasteiger partial charge on any atom is 0.337 e. The first-order chi connectivity index (χ1) is 23.9. The van der Waals surface area contributed by atoms with Crippen molar-refractivity contribution in [2.24, 2.45) is 11.8 Å². The summed E-state index contributed by atoms with van der Waals surface area (Å²) in [7, 11) is 3.50. The van der Waals surface area contributed by atoms with Crippen LogP contribution in [0, 0.1) is 11.8 Å². The van der Waals surface area contributed by atoms with Crippen molar-refractivity contribution in [1.82, 2.24) is 25.2 Å². The van der Waals surface area contributed by atoms with Crippen LogP contribution in [0.25, 0.3) is 21.9 Å². The molecule has 0 radical (unpaired) electrons. The average Bonchev–Trinajstić information content (AvgIpc) is 3.78. The molecule has 3 N–H and O–H groups in total. The smallest absolute Gasteiger partial charge is 0.337 e. The van der Waals surface area contributed by atoms with Gasteiger partial charge in [0.2, 0.25) is 5.91 Å². The number of nitrogens with zero attached hydrogens (tertiary/aromatic N) is 3. The van der Waals surface area contributed by atoms with Crippen LogP contribution in [0.5, 0.6) is 0 Å². The highest BCUT2D eigenvalue weighted by atomic mass is 32.2. The van der Waals surface area contributed by atoms with Crippen LogP contribution in [-0.2, 0) is 20.7 Å². The molecule has 10 nitrogen and oxygen atoms in total. The van der Waals surface area contributed by atoms with Gasteiger partial charge in [-0.05, 0) is 81.1 Å². The minimum Gasteiger partial charge on any atom is -0.465 e. The number of benzene rings is 2. The minimum absolute atomic E-state index is 0.140. The average molecular weight is 685 g/mol. The van der Waals surface area contributed by atoms with Gasteiger partial charge in [0.05, 0.1) is 18.1 Å². The van der Waals surface area contributed by atoms with Gasteiger partial charge in [-0.15, -0.1) is 0 Å². The van der Waals surface area contributed by atoms with Crippen LogP contribution in [-0.4, -0.2) is 88.9 Å². The Balaban J connectivity index is 0.938. The molecular weight excluding hydrogens is 637 g/mol. The van der Waals surface area contributed by atoms with Crippen LogP contribution in [0.3, 0.4) is 0 Å². The maximum atomic E-state index is 12.4. The van der Waals surface area contributed by atoms with Gasteiger partial charge in [0.25, 0.3) is 0 Å². The van der Waals surface area contributed by atoms with E-state index in [0.29, 0.717) is 53.6 Å². The Kier molecular flexibility index (Phi) is 11.8. The topological polar surface area (TPSA) is 129 Å². The lowest BCUT2D eigenvalue weighted by molar-refractivity contribution is -0.121. The number of Topliss-reactive ketones (excluding diaryl/α,β-unsaturated/α-hetero) is 1. The minimum atomic E-state index is -0.381. The number of aromatic amines is 1. The molecule has 0 bridgehead atoms. The molecule has 1 saturated carbocycles. The normalized spacial score (nSPS) is 18.8. The molecule has 1 aliphatic heterocycles. The number of ketones is 1. The highest BCUT2D eigenvalue weighted by Crippen LogP contribution is 2.47. The fourth-order valence-electron chi connectivity index (χ4n) is 7.28. The molecule has 3 heterocycles. The first-order valence-corrected chi connectivity index (χ1v) is 18.7. The van der Waals surface area contributed by atoms with E-state index in [0.717, 1.165) is 104 Å². The predicted molar refractivity (Wildman–Crippen MR) is 196 cm³/mol. The third kappa shape index (κ3) is 8.99. The highest BCUT2D eigenvalue weighted by Gasteiger charge is 2.42. The zero-order chi connectivity index (χ0) is 34.2. The zero-order valence-electron chi connectivity index (χ0n) is 28.6. The van der Waals surface area contributed by atoms with Crippen molar-refractivity contribution >= 4 is 57.2 Å². The number of carbonyl (C=O) groups is 3. The summed E-state index contributed by atoms with van der Waals surface area (Å²) in [5.74, 6) is 4.03. The Morgan fingerprint density at radius 3 is 2.65 bits per heavy atom. The zero-order valence-corrected chi connectivity index (χ0v) is 29.4. The molecule has 2 aromatic heterocycles. The van der Waals surface area contributed by atoms with E-state index in [9.17, 15) is 14.4 Å². The number of aromatic nitrogens is 3. The number of rotatable bonds is 17. The van der Waals surface area contributed by atoms with Gasteiger partial charge < -0.3 is 25.3 Å². The molecule has 11 heteroatoms. The Hall–Kier alpha value is -3.96. The fourth-order valence-corrected chi connectivity index (χ4v) is 9.04. The van der Waals surface area contributed by atoms with Crippen molar-refractivity contribution in [2.45, 2.75) is 63.0 Å². The molecule has 1 saturated heterocycles. The predicted octanol–water partition coefficient (Wildman–Crippen LogP) is 6.00. The number of H-pyrrole nitrogens is 1. The van der Waals surface area contributed by atoms with E-state index < -0.39 is 0 Å². The molecule has 260 valence electrons. The summed E-state index contributed by atoms with van der Waals surface area (Å²) < 4.78 is 4.92. The molecule has 3 atom stereocenters. The SMILES string of the molecule is COC(=O)c1ccc2c(c1)[nH]c1nc(Cc3ccccc3)nc(NCCCN(C)CCCNC(=O)CCCC[C@@H]3SC[C@@H]4CC(=O)C[C@@H]43)c12. The molecule has 1 amide bonds. The van der Waals surface area contributed by atoms with E-state index in [2.05, 4.69) is 39.7 Å². The van der Waals surface area contributed by atoms with Gasteiger partial charge in [0.1, 0.15) is 23.1 Å². The Labute approximate surface area is 292 Å². The fraction of sp³-hybridized carbons (Fsp3) is 0.500. The second-order valence-corrected chi connectivity index (χ2v) is 14.8. The summed E-state index contributed by atoms with van der Waals surface area (Å²) in [4.78, 5) is 51.8. The summed E-state index contributed by atoms with van der Waals surface area (Å²) in [5, 5.41) is 9.13. The largest absolute Gasteiger partial charge is 0.465 e. The van der Waals surface area contributed by atoms with E-state index in [-0.39, 0.29) is 11.9 Å². The van der Waals surface area contributed by atoms with Gasteiger partial charge in [-0.1, -0.05) is 42.8 Å². The molecule has 4 aromatic rings. The van der Waals surface area contributed by atoms with Crippen LogP contribution >= 0.6 is 11.8 Å². The quantitative estimate of drug-likeness (QED) is 0.0906. The Bertz CT molecular complexity index is 1760. The monoisotopic (exact) mass is 684 g/mol. The number of hydrogen-bond donors (Lipinski definition) is 3. The number of nitrogens with one attached hydrogen (secondary N) is 3. The lowest BCUT2D eigenvalue weighted by atomic mass is 9.92. The van der Waals surface area contributed by atoms with E-state index in [1.165, 1.54) is 7.11 Å². The Morgan fingerprint density at radius 1 is 1.02 bits per heavy atom. The van der Waals surface area contributed by atoms with Crippen molar-refractivity contribution in [3.63, 3.8) is 0 Å². The first-order valence-electron chi connectivity index (χ1n) is 17.6. The van der Waals surface area contributed by atoms with E-state index in [1.807, 2.05) is 36.0 Å². The Morgan fingerprint density at radius 2 is 1.84 bits per heavy atom. The van der Waals surface area contributed by atoms with Gasteiger partial charge in [-0.25, -0.2) is 14.8 Å². The molecule has 2 aliphatic rings. The molecule has 6 rings (SSSR count). The maximum absolute atomic E-state index is 12.4. The second-order valence-electron chi connectivity index (χ2n) is 13.5.